The maximum absolute atomic E-state index is 13.1. The van der Waals surface area contributed by atoms with Gasteiger partial charge in [0.25, 0.3) is 5.91 Å². The van der Waals surface area contributed by atoms with Gasteiger partial charge in [-0.3, -0.25) is 14.3 Å². The van der Waals surface area contributed by atoms with Crippen LogP contribution in [-0.2, 0) is 16.3 Å². The van der Waals surface area contributed by atoms with E-state index >= 15 is 0 Å². The first kappa shape index (κ1) is 28.4. The summed E-state index contributed by atoms with van der Waals surface area (Å²) in [7, 11) is 0. The summed E-state index contributed by atoms with van der Waals surface area (Å²) < 4.78 is 14.6. The predicted octanol–water partition coefficient (Wildman–Crippen LogP) is 3.95. The molecule has 2 aromatic heterocycles. The van der Waals surface area contributed by atoms with Crippen LogP contribution in [0.2, 0.25) is 5.02 Å². The Morgan fingerprint density at radius 1 is 1.13 bits per heavy atom. The van der Waals surface area contributed by atoms with E-state index in [1.807, 2.05) is 6.07 Å². The molecule has 1 aliphatic rings. The van der Waals surface area contributed by atoms with Crippen molar-refractivity contribution in [3.8, 4) is 5.75 Å². The normalized spacial score (nSPS) is 14.2. The average molecular weight is 623 g/mol. The van der Waals surface area contributed by atoms with Gasteiger partial charge in [0.15, 0.2) is 12.4 Å². The zero-order valence-electron chi connectivity index (χ0n) is 21.8. The van der Waals surface area contributed by atoms with Crippen LogP contribution in [0.1, 0.15) is 36.1 Å². The van der Waals surface area contributed by atoms with Crippen molar-refractivity contribution in [1.82, 2.24) is 29.4 Å². The van der Waals surface area contributed by atoms with Crippen LogP contribution in [-0.4, -0.2) is 80.1 Å². The van der Waals surface area contributed by atoms with Gasteiger partial charge in [-0.1, -0.05) is 27.5 Å². The van der Waals surface area contributed by atoms with Crippen molar-refractivity contribution in [2.45, 2.75) is 33.5 Å². The van der Waals surface area contributed by atoms with Crippen LogP contribution in [0.15, 0.2) is 41.1 Å². The van der Waals surface area contributed by atoms with Gasteiger partial charge in [-0.15, -0.1) is 0 Å². The quantitative estimate of drug-likeness (QED) is 0.403. The molecule has 1 aliphatic heterocycles. The molecule has 14 heteroatoms. The van der Waals surface area contributed by atoms with E-state index in [9.17, 15) is 14.4 Å². The summed E-state index contributed by atoms with van der Waals surface area (Å²) in [6.45, 7) is 7.26. The Labute approximate surface area is 238 Å². The molecule has 208 valence electrons. The fourth-order valence-electron chi connectivity index (χ4n) is 3.97. The molecule has 3 amide bonds. The van der Waals surface area contributed by atoms with E-state index in [1.165, 1.54) is 9.36 Å². The lowest BCUT2D eigenvalue weighted by Crippen LogP contribution is -2.52. The first-order valence-corrected chi connectivity index (χ1v) is 13.5. The van der Waals surface area contributed by atoms with Crippen LogP contribution in [0.3, 0.4) is 0 Å². The standard InChI is InChI=1S/C25H29BrClN7O5/c1-4-38-25(37)32-11-9-31(10-12-32)24(36)17(3)34-14-21(16(2)29-34)28-23(35)20-7-8-33(30-20)15-39-22-6-5-18(26)13-19(22)27/h5-8,13-14,17H,4,9-12,15H2,1-3H3,(H,28,35). The first-order chi connectivity index (χ1) is 18.7. The molecule has 4 rings (SSSR count). The van der Waals surface area contributed by atoms with Crippen LogP contribution in [0, 0.1) is 6.92 Å². The number of hydrogen-bond donors (Lipinski definition) is 1. The monoisotopic (exact) mass is 621 g/mol. The first-order valence-electron chi connectivity index (χ1n) is 12.3. The van der Waals surface area contributed by atoms with E-state index in [2.05, 4.69) is 31.4 Å². The number of hydrogen-bond acceptors (Lipinski definition) is 7. The third-order valence-corrected chi connectivity index (χ3v) is 6.94. The van der Waals surface area contributed by atoms with Crippen molar-refractivity contribution in [2.75, 3.05) is 38.1 Å². The second kappa shape index (κ2) is 12.5. The number of halogens is 2. The van der Waals surface area contributed by atoms with Gasteiger partial charge in [0.2, 0.25) is 5.91 Å². The number of aromatic nitrogens is 4. The molecule has 0 bridgehead atoms. The molecule has 1 saturated heterocycles. The van der Waals surface area contributed by atoms with Crippen molar-refractivity contribution >= 4 is 51.1 Å². The Balaban J connectivity index is 1.32. The van der Waals surface area contributed by atoms with Crippen molar-refractivity contribution in [1.29, 1.82) is 0 Å². The molecule has 1 fully saturated rings. The number of aryl methyl sites for hydroxylation is 1. The molecule has 12 nitrogen and oxygen atoms in total. The lowest BCUT2D eigenvalue weighted by molar-refractivity contribution is -0.136. The predicted molar refractivity (Wildman–Crippen MR) is 147 cm³/mol. The third kappa shape index (κ3) is 6.90. The van der Waals surface area contributed by atoms with Gasteiger partial charge in [-0.25, -0.2) is 9.48 Å². The number of carbonyl (C=O) groups excluding carboxylic acids is 3. The molecular weight excluding hydrogens is 594 g/mol. The number of nitrogens with zero attached hydrogens (tertiary/aromatic N) is 6. The molecule has 0 radical (unpaired) electrons. The van der Waals surface area contributed by atoms with Crippen LogP contribution in [0.25, 0.3) is 0 Å². The average Bonchev–Trinajstić information content (AvgIpc) is 3.54. The van der Waals surface area contributed by atoms with Crippen LogP contribution < -0.4 is 10.1 Å². The van der Waals surface area contributed by atoms with Crippen molar-refractivity contribution < 1.29 is 23.9 Å². The summed E-state index contributed by atoms with van der Waals surface area (Å²) in [6.07, 6.45) is 2.88. The number of nitrogens with one attached hydrogen (secondary N) is 1. The van der Waals surface area contributed by atoms with Gasteiger partial charge in [-0.2, -0.15) is 10.2 Å². The Morgan fingerprint density at radius 2 is 1.85 bits per heavy atom. The molecule has 0 aliphatic carbocycles. The molecular formula is C25H29BrClN7O5. The van der Waals surface area contributed by atoms with E-state index in [0.717, 1.165) is 4.47 Å². The molecule has 1 aromatic carbocycles. The summed E-state index contributed by atoms with van der Waals surface area (Å²) in [5.41, 5.74) is 1.22. The summed E-state index contributed by atoms with van der Waals surface area (Å²) in [6, 6.07) is 6.25. The van der Waals surface area contributed by atoms with Gasteiger partial charge in [0.1, 0.15) is 11.8 Å². The van der Waals surface area contributed by atoms with Gasteiger partial charge < -0.3 is 24.6 Å². The van der Waals surface area contributed by atoms with Crippen molar-refractivity contribution in [3.05, 3.63) is 57.5 Å². The summed E-state index contributed by atoms with van der Waals surface area (Å²) in [4.78, 5) is 41.1. The van der Waals surface area contributed by atoms with Gasteiger partial charge in [-0.05, 0) is 45.0 Å². The molecule has 1 atom stereocenters. The summed E-state index contributed by atoms with van der Waals surface area (Å²) in [5, 5.41) is 12.0. The topological polar surface area (TPSA) is 124 Å². The maximum Gasteiger partial charge on any atom is 0.409 e. The number of rotatable bonds is 8. The lowest BCUT2D eigenvalue weighted by atomic mass is 10.2. The van der Waals surface area contributed by atoms with Crippen LogP contribution in [0.4, 0.5) is 10.5 Å². The fraction of sp³-hybridized carbons (Fsp3) is 0.400. The molecule has 0 spiro atoms. The molecule has 3 heterocycles. The van der Waals surface area contributed by atoms with Crippen molar-refractivity contribution in [3.63, 3.8) is 0 Å². The van der Waals surface area contributed by atoms with E-state index in [-0.39, 0.29) is 24.4 Å². The van der Waals surface area contributed by atoms with E-state index < -0.39 is 11.9 Å². The Kier molecular flexibility index (Phi) is 9.12. The highest BCUT2D eigenvalue weighted by Crippen LogP contribution is 2.28. The Morgan fingerprint density at radius 3 is 2.54 bits per heavy atom. The number of piperazine rings is 1. The fourth-order valence-corrected chi connectivity index (χ4v) is 4.70. The second-order valence-electron chi connectivity index (χ2n) is 8.84. The molecule has 1 unspecified atom stereocenters. The summed E-state index contributed by atoms with van der Waals surface area (Å²) in [5.74, 6) is -0.0513. The third-order valence-electron chi connectivity index (χ3n) is 6.16. The van der Waals surface area contributed by atoms with Crippen LogP contribution in [0.5, 0.6) is 5.75 Å². The zero-order chi connectivity index (χ0) is 28.1. The minimum absolute atomic E-state index is 0.0687. The Bertz CT molecular complexity index is 1350. The van der Waals surface area contributed by atoms with Gasteiger partial charge in [0, 0.05) is 43.0 Å². The number of anilines is 1. The van der Waals surface area contributed by atoms with E-state index in [0.29, 0.717) is 54.9 Å². The maximum atomic E-state index is 13.1. The van der Waals surface area contributed by atoms with Crippen LogP contribution >= 0.6 is 27.5 Å². The number of benzene rings is 1. The number of carbonyl (C=O) groups is 3. The molecule has 39 heavy (non-hydrogen) atoms. The number of amides is 3. The Hall–Kier alpha value is -3.58. The highest BCUT2D eigenvalue weighted by molar-refractivity contribution is 9.10. The smallest absolute Gasteiger partial charge is 0.409 e. The largest absolute Gasteiger partial charge is 0.470 e. The molecule has 3 aromatic rings. The van der Waals surface area contributed by atoms with Crippen molar-refractivity contribution in [2.24, 2.45) is 0 Å². The lowest BCUT2D eigenvalue weighted by Gasteiger charge is -2.35. The summed E-state index contributed by atoms with van der Waals surface area (Å²) >= 11 is 9.52. The minimum Gasteiger partial charge on any atom is -0.470 e. The van der Waals surface area contributed by atoms with Gasteiger partial charge >= 0.3 is 6.09 Å². The highest BCUT2D eigenvalue weighted by atomic mass is 79.9. The van der Waals surface area contributed by atoms with Gasteiger partial charge in [0.05, 0.1) is 23.0 Å². The van der Waals surface area contributed by atoms with E-state index in [4.69, 9.17) is 21.1 Å². The number of ether oxygens (including phenoxy) is 2. The van der Waals surface area contributed by atoms with E-state index in [1.54, 1.807) is 61.2 Å². The SMILES string of the molecule is CCOC(=O)N1CCN(C(=O)C(C)n2cc(NC(=O)c3ccn(COc4ccc(Br)cc4Cl)n3)c(C)n2)CC1. The second-order valence-corrected chi connectivity index (χ2v) is 10.2. The highest BCUT2D eigenvalue weighted by Gasteiger charge is 2.29. The minimum atomic E-state index is -0.592. The zero-order valence-corrected chi connectivity index (χ0v) is 24.1. The molecule has 1 N–H and O–H groups in total. The molecule has 0 saturated carbocycles.